The summed E-state index contributed by atoms with van der Waals surface area (Å²) in [7, 11) is 1.38. The molecular weight excluding hydrogens is 592 g/mol. The molecule has 6 aromatic rings. The largest absolute Gasteiger partial charge is 0.465 e. The van der Waals surface area contributed by atoms with Gasteiger partial charge in [0.15, 0.2) is 0 Å². The molecule has 0 saturated heterocycles. The first-order valence-electron chi connectivity index (χ1n) is 15.9. The van der Waals surface area contributed by atoms with Crippen molar-refractivity contribution >= 4 is 34.0 Å². The predicted molar refractivity (Wildman–Crippen MR) is 192 cm³/mol. The number of aromatic nitrogens is 2. The van der Waals surface area contributed by atoms with Crippen LogP contribution in [-0.4, -0.2) is 46.6 Å². The summed E-state index contributed by atoms with van der Waals surface area (Å²) in [5.41, 5.74) is 11.5. The summed E-state index contributed by atoms with van der Waals surface area (Å²) in [5, 5.41) is 0. The van der Waals surface area contributed by atoms with Gasteiger partial charge in [-0.15, -0.1) is 0 Å². The van der Waals surface area contributed by atoms with E-state index in [1.807, 2.05) is 84.9 Å². The van der Waals surface area contributed by atoms with Crippen LogP contribution in [0.25, 0.3) is 39.1 Å². The minimum Gasteiger partial charge on any atom is -0.465 e. The predicted octanol–water partition coefficient (Wildman–Crippen LogP) is 8.43. The van der Waals surface area contributed by atoms with Crippen LogP contribution in [0.3, 0.4) is 0 Å². The first-order chi connectivity index (χ1) is 23.6. The number of benzene rings is 5. The molecule has 0 fully saturated rings. The van der Waals surface area contributed by atoms with E-state index >= 15 is 0 Å². The molecule has 2 unspecified atom stereocenters. The van der Waals surface area contributed by atoms with E-state index in [9.17, 15) is 4.79 Å². The standard InChI is InChI=1S/C42H30N4O2/c1-48-42(47)31-19-17-30(18-20-31)41-39(28-13-7-3-8-14-28)44-35-24-22-33(26-37(35)46-41)32-21-23-34-36(25-32)45-40(29-15-9-4-10-16-29)38(43-34)27-11-5-2-6-12-27/h2-26,35,37H,1H3. The molecule has 2 heterocycles. The Morgan fingerprint density at radius 3 is 1.69 bits per heavy atom. The fourth-order valence-corrected chi connectivity index (χ4v) is 6.23. The van der Waals surface area contributed by atoms with Crippen LogP contribution < -0.4 is 0 Å². The second-order valence-corrected chi connectivity index (χ2v) is 11.7. The maximum absolute atomic E-state index is 12.1. The van der Waals surface area contributed by atoms with Crippen LogP contribution in [0.15, 0.2) is 162 Å². The molecule has 0 radical (unpaired) electrons. The third-order valence-corrected chi connectivity index (χ3v) is 8.67. The maximum atomic E-state index is 12.1. The number of fused-ring (bicyclic) bond motifs is 2. The number of carbonyl (C=O) groups is 1. The second-order valence-electron chi connectivity index (χ2n) is 11.7. The lowest BCUT2D eigenvalue weighted by Crippen LogP contribution is -2.33. The van der Waals surface area contributed by atoms with Crippen LogP contribution in [0, 0.1) is 0 Å². The van der Waals surface area contributed by atoms with Crippen molar-refractivity contribution in [3.05, 3.63) is 174 Å². The van der Waals surface area contributed by atoms with Crippen LogP contribution >= 0.6 is 0 Å². The third-order valence-electron chi connectivity index (χ3n) is 8.67. The number of nitrogens with zero attached hydrogens (tertiary/aromatic N) is 4. The number of methoxy groups -OCH3 is 1. The van der Waals surface area contributed by atoms with Crippen LogP contribution in [0.4, 0.5) is 0 Å². The molecule has 230 valence electrons. The highest BCUT2D eigenvalue weighted by atomic mass is 16.5. The number of rotatable bonds is 6. The van der Waals surface area contributed by atoms with Crippen LogP contribution in [-0.2, 0) is 4.74 Å². The highest BCUT2D eigenvalue weighted by molar-refractivity contribution is 6.54. The molecule has 8 rings (SSSR count). The molecule has 0 bridgehead atoms. The molecule has 1 aliphatic carbocycles. The number of aliphatic imine (C=N–C) groups is 2. The summed E-state index contributed by atoms with van der Waals surface area (Å²) in [5.74, 6) is -0.374. The number of esters is 1. The molecule has 0 spiro atoms. The van der Waals surface area contributed by atoms with Gasteiger partial charge in [0.25, 0.3) is 0 Å². The highest BCUT2D eigenvalue weighted by Gasteiger charge is 2.29. The average molecular weight is 623 g/mol. The Balaban J connectivity index is 1.19. The quantitative estimate of drug-likeness (QED) is 0.175. The first kappa shape index (κ1) is 29.2. The van der Waals surface area contributed by atoms with Gasteiger partial charge in [-0.2, -0.15) is 0 Å². The van der Waals surface area contributed by atoms with Crippen molar-refractivity contribution < 1.29 is 9.53 Å². The van der Waals surface area contributed by atoms with E-state index in [4.69, 9.17) is 24.7 Å². The zero-order valence-electron chi connectivity index (χ0n) is 26.2. The normalized spacial score (nSPS) is 16.8. The van der Waals surface area contributed by atoms with Gasteiger partial charge in [-0.05, 0) is 41.5 Å². The minimum absolute atomic E-state index is 0.139. The zero-order chi connectivity index (χ0) is 32.5. The Bertz CT molecular complexity index is 2270. The van der Waals surface area contributed by atoms with Gasteiger partial charge >= 0.3 is 5.97 Å². The van der Waals surface area contributed by atoms with E-state index in [-0.39, 0.29) is 18.1 Å². The van der Waals surface area contributed by atoms with Gasteiger partial charge in [-0.1, -0.05) is 121 Å². The Morgan fingerprint density at radius 2 is 1.08 bits per heavy atom. The van der Waals surface area contributed by atoms with Gasteiger partial charge in [0.2, 0.25) is 0 Å². The van der Waals surface area contributed by atoms with Crippen molar-refractivity contribution in [2.45, 2.75) is 12.1 Å². The van der Waals surface area contributed by atoms with E-state index in [1.165, 1.54) is 7.11 Å². The number of hydrogen-bond donors (Lipinski definition) is 0. The van der Waals surface area contributed by atoms with E-state index in [0.717, 1.165) is 67.2 Å². The topological polar surface area (TPSA) is 76.8 Å². The SMILES string of the molecule is COC(=O)c1ccc(C2=NC3C=C(c4ccc5nc(-c6ccccc6)c(-c6ccccc6)nc5c4)C=CC3N=C2c2ccccc2)cc1. The van der Waals surface area contributed by atoms with E-state index in [1.54, 1.807) is 12.1 Å². The molecule has 48 heavy (non-hydrogen) atoms. The second kappa shape index (κ2) is 12.5. The van der Waals surface area contributed by atoms with Crippen LogP contribution in [0.5, 0.6) is 0 Å². The highest BCUT2D eigenvalue weighted by Crippen LogP contribution is 2.33. The van der Waals surface area contributed by atoms with Gasteiger partial charge in [0.05, 0.1) is 58.6 Å². The molecule has 0 N–H and O–H groups in total. The number of carbonyl (C=O) groups excluding carboxylic acids is 1. The van der Waals surface area contributed by atoms with Crippen molar-refractivity contribution in [2.24, 2.45) is 9.98 Å². The monoisotopic (exact) mass is 622 g/mol. The van der Waals surface area contributed by atoms with Crippen molar-refractivity contribution in [1.29, 1.82) is 0 Å². The van der Waals surface area contributed by atoms with E-state index in [0.29, 0.717) is 5.56 Å². The molecule has 1 aliphatic heterocycles. The molecule has 1 aromatic heterocycles. The summed E-state index contributed by atoms with van der Waals surface area (Å²) >= 11 is 0. The van der Waals surface area contributed by atoms with Gasteiger partial charge in [-0.25, -0.2) is 14.8 Å². The number of ether oxygens (including phenoxy) is 1. The molecule has 0 saturated carbocycles. The Kier molecular flexibility index (Phi) is 7.59. The van der Waals surface area contributed by atoms with Crippen molar-refractivity contribution in [2.75, 3.05) is 7.11 Å². The van der Waals surface area contributed by atoms with Crippen molar-refractivity contribution in [1.82, 2.24) is 9.97 Å². The lowest BCUT2D eigenvalue weighted by molar-refractivity contribution is 0.0600. The molecular formula is C42H30N4O2. The van der Waals surface area contributed by atoms with Gasteiger partial charge in [0.1, 0.15) is 0 Å². The van der Waals surface area contributed by atoms with Crippen molar-refractivity contribution in [3.8, 4) is 22.5 Å². The summed E-state index contributed by atoms with van der Waals surface area (Å²) < 4.78 is 4.90. The summed E-state index contributed by atoms with van der Waals surface area (Å²) in [6.07, 6.45) is 6.45. The summed E-state index contributed by atoms with van der Waals surface area (Å²) in [6, 6.07) is 43.8. The Hall–Kier alpha value is -6.27. The lowest BCUT2D eigenvalue weighted by Gasteiger charge is -2.28. The maximum Gasteiger partial charge on any atom is 0.337 e. The zero-order valence-corrected chi connectivity index (χ0v) is 26.2. The Morgan fingerprint density at radius 1 is 0.562 bits per heavy atom. The summed E-state index contributed by atoms with van der Waals surface area (Å²) in [4.78, 5) is 32.9. The van der Waals surface area contributed by atoms with Crippen LogP contribution in [0.1, 0.15) is 27.0 Å². The fourth-order valence-electron chi connectivity index (χ4n) is 6.23. The molecule has 2 aliphatic rings. The number of hydrogen-bond acceptors (Lipinski definition) is 6. The van der Waals surface area contributed by atoms with Gasteiger partial charge in [-0.3, -0.25) is 9.98 Å². The van der Waals surface area contributed by atoms with Gasteiger partial charge < -0.3 is 4.74 Å². The number of allylic oxidation sites excluding steroid dienone is 2. The van der Waals surface area contributed by atoms with Gasteiger partial charge in [0, 0.05) is 22.3 Å². The summed E-state index contributed by atoms with van der Waals surface area (Å²) in [6.45, 7) is 0. The minimum atomic E-state index is -0.374. The molecule has 5 aromatic carbocycles. The molecule has 6 heteroatoms. The fraction of sp³-hybridized carbons (Fsp3) is 0.0714. The molecule has 0 amide bonds. The third kappa shape index (κ3) is 5.54. The molecule has 2 atom stereocenters. The Labute approximate surface area is 278 Å². The van der Waals surface area contributed by atoms with Crippen LogP contribution in [0.2, 0.25) is 0 Å². The molecule has 6 nitrogen and oxygen atoms in total. The first-order valence-corrected chi connectivity index (χ1v) is 15.9. The van der Waals surface area contributed by atoms with E-state index < -0.39 is 0 Å². The average Bonchev–Trinajstić information content (AvgIpc) is 3.17. The lowest BCUT2D eigenvalue weighted by atomic mass is 9.90. The van der Waals surface area contributed by atoms with E-state index in [2.05, 4.69) is 54.6 Å². The smallest absolute Gasteiger partial charge is 0.337 e. The van der Waals surface area contributed by atoms with Crippen molar-refractivity contribution in [3.63, 3.8) is 0 Å².